The molecule has 3 N–H and O–H groups in total. The van der Waals surface area contributed by atoms with E-state index >= 15 is 0 Å². The lowest BCUT2D eigenvalue weighted by Crippen LogP contribution is -2.65. The van der Waals surface area contributed by atoms with Crippen LogP contribution in [0.5, 0.6) is 0 Å². The summed E-state index contributed by atoms with van der Waals surface area (Å²) in [6, 6.07) is 3.82. The number of aliphatic hydroxyl groups excluding tert-OH is 1. The summed E-state index contributed by atoms with van der Waals surface area (Å²) in [4.78, 5) is 11.8. The lowest BCUT2D eigenvalue weighted by molar-refractivity contribution is -0.150. The molecule has 2 atom stereocenters. The Bertz CT molecular complexity index is 468. The monoisotopic (exact) mass is 294 g/mol. The highest BCUT2D eigenvalue weighted by Crippen LogP contribution is 2.48. The van der Waals surface area contributed by atoms with E-state index in [0.29, 0.717) is 26.2 Å². The fourth-order valence-corrected chi connectivity index (χ4v) is 3.36. The first-order valence-electron chi connectivity index (χ1n) is 7.49. The van der Waals surface area contributed by atoms with E-state index in [1.165, 1.54) is 0 Å². The third-order valence-corrected chi connectivity index (χ3v) is 4.79. The smallest absolute Gasteiger partial charge is 0.234 e. The van der Waals surface area contributed by atoms with Crippen molar-refractivity contribution in [2.45, 2.75) is 38.0 Å². The van der Waals surface area contributed by atoms with Crippen LogP contribution in [0.2, 0.25) is 0 Å². The highest BCUT2D eigenvalue weighted by molar-refractivity contribution is 5.77. The van der Waals surface area contributed by atoms with Crippen LogP contribution in [0.1, 0.15) is 25.0 Å². The van der Waals surface area contributed by atoms with Gasteiger partial charge in [0.05, 0.1) is 25.5 Å². The SMILES string of the molecule is O=C(CN[C@@H]1C[C@@H](O)C12CCOCC2)NCc1ccco1. The lowest BCUT2D eigenvalue weighted by atomic mass is 9.58. The summed E-state index contributed by atoms with van der Waals surface area (Å²) in [5.41, 5.74) is -0.0977. The van der Waals surface area contributed by atoms with E-state index in [-0.39, 0.29) is 30.0 Å². The largest absolute Gasteiger partial charge is 0.467 e. The van der Waals surface area contributed by atoms with Gasteiger partial charge in [-0.25, -0.2) is 0 Å². The molecule has 1 aliphatic carbocycles. The quantitative estimate of drug-likeness (QED) is 0.733. The summed E-state index contributed by atoms with van der Waals surface area (Å²) in [5, 5.41) is 16.2. The molecule has 0 bridgehead atoms. The average molecular weight is 294 g/mol. The van der Waals surface area contributed by atoms with Crippen LogP contribution in [0.4, 0.5) is 0 Å². The summed E-state index contributed by atoms with van der Waals surface area (Å²) in [7, 11) is 0. The van der Waals surface area contributed by atoms with Gasteiger partial charge in [-0.05, 0) is 31.4 Å². The van der Waals surface area contributed by atoms with Gasteiger partial charge in [0.25, 0.3) is 0 Å². The number of hydrogen-bond donors (Lipinski definition) is 3. The molecule has 1 spiro atoms. The molecular weight excluding hydrogens is 272 g/mol. The fraction of sp³-hybridized carbons (Fsp3) is 0.667. The van der Waals surface area contributed by atoms with Crippen LogP contribution >= 0.6 is 0 Å². The first-order chi connectivity index (χ1) is 10.2. The van der Waals surface area contributed by atoms with E-state index in [2.05, 4.69) is 10.6 Å². The van der Waals surface area contributed by atoms with Gasteiger partial charge in [0.15, 0.2) is 0 Å². The van der Waals surface area contributed by atoms with Crippen molar-refractivity contribution in [3.63, 3.8) is 0 Å². The van der Waals surface area contributed by atoms with E-state index in [0.717, 1.165) is 18.6 Å². The summed E-state index contributed by atoms with van der Waals surface area (Å²) >= 11 is 0. The zero-order chi connectivity index (χ0) is 14.7. The van der Waals surface area contributed by atoms with E-state index < -0.39 is 0 Å². The standard InChI is InChI=1S/C15H22N2O4/c18-13-8-12(15(13)3-6-20-7-4-15)16-10-14(19)17-9-11-2-1-5-21-11/h1-2,5,12-13,16,18H,3-4,6-10H2,(H,17,19)/t12-,13-/m1/s1. The number of amides is 1. The van der Waals surface area contributed by atoms with Crippen LogP contribution in [0.25, 0.3) is 0 Å². The van der Waals surface area contributed by atoms with Crippen molar-refractivity contribution in [3.8, 4) is 0 Å². The Kier molecular flexibility index (Phi) is 4.28. The van der Waals surface area contributed by atoms with Crippen molar-refractivity contribution in [1.29, 1.82) is 0 Å². The van der Waals surface area contributed by atoms with Gasteiger partial charge in [-0.15, -0.1) is 0 Å². The summed E-state index contributed by atoms with van der Waals surface area (Å²) in [6.45, 7) is 2.06. The Morgan fingerprint density at radius 1 is 1.43 bits per heavy atom. The number of aliphatic hydroxyl groups is 1. The Morgan fingerprint density at radius 2 is 2.24 bits per heavy atom. The van der Waals surface area contributed by atoms with Crippen LogP contribution < -0.4 is 10.6 Å². The fourth-order valence-electron chi connectivity index (χ4n) is 3.36. The second-order valence-electron chi connectivity index (χ2n) is 5.89. The van der Waals surface area contributed by atoms with Crippen molar-refractivity contribution in [3.05, 3.63) is 24.2 Å². The molecule has 6 heteroatoms. The average Bonchev–Trinajstić information content (AvgIpc) is 3.03. The summed E-state index contributed by atoms with van der Waals surface area (Å²) < 4.78 is 10.5. The molecule has 2 heterocycles. The third-order valence-electron chi connectivity index (χ3n) is 4.79. The molecule has 1 aromatic rings. The molecule has 2 fully saturated rings. The molecule has 0 aromatic carbocycles. The minimum absolute atomic E-state index is 0.0602. The van der Waals surface area contributed by atoms with E-state index in [1.54, 1.807) is 12.3 Å². The lowest BCUT2D eigenvalue weighted by Gasteiger charge is -2.55. The topological polar surface area (TPSA) is 83.7 Å². The normalized spacial score (nSPS) is 27.3. The van der Waals surface area contributed by atoms with Gasteiger partial charge in [-0.1, -0.05) is 0 Å². The van der Waals surface area contributed by atoms with E-state index in [1.807, 2.05) is 6.07 Å². The molecule has 3 rings (SSSR count). The van der Waals surface area contributed by atoms with Crippen molar-refractivity contribution in [1.82, 2.24) is 10.6 Å². The molecule has 2 aliphatic rings. The van der Waals surface area contributed by atoms with Gasteiger partial charge in [-0.3, -0.25) is 4.79 Å². The molecule has 1 aliphatic heterocycles. The predicted octanol–water partition coefficient (Wildman–Crippen LogP) is 0.415. The van der Waals surface area contributed by atoms with Gasteiger partial charge in [0.1, 0.15) is 5.76 Å². The van der Waals surface area contributed by atoms with Crippen molar-refractivity contribution in [2.75, 3.05) is 19.8 Å². The molecule has 21 heavy (non-hydrogen) atoms. The van der Waals surface area contributed by atoms with Gasteiger partial charge in [0.2, 0.25) is 5.91 Å². The molecule has 1 saturated carbocycles. The summed E-state index contributed by atoms with van der Waals surface area (Å²) in [6.07, 6.45) is 3.75. The second kappa shape index (κ2) is 6.17. The number of ether oxygens (including phenoxy) is 1. The Balaban J connectivity index is 1.43. The Labute approximate surface area is 123 Å². The zero-order valence-corrected chi connectivity index (χ0v) is 12.0. The van der Waals surface area contributed by atoms with Crippen LogP contribution in [0.15, 0.2) is 22.8 Å². The maximum absolute atomic E-state index is 11.8. The third kappa shape index (κ3) is 2.97. The van der Waals surface area contributed by atoms with Gasteiger partial charge >= 0.3 is 0 Å². The predicted molar refractivity (Wildman–Crippen MR) is 75.5 cm³/mol. The molecule has 0 radical (unpaired) electrons. The molecular formula is C15H22N2O4. The van der Waals surface area contributed by atoms with Crippen molar-refractivity contribution in [2.24, 2.45) is 5.41 Å². The van der Waals surface area contributed by atoms with Crippen molar-refractivity contribution < 1.29 is 19.1 Å². The highest BCUT2D eigenvalue weighted by atomic mass is 16.5. The second-order valence-corrected chi connectivity index (χ2v) is 5.89. The number of rotatable bonds is 5. The van der Waals surface area contributed by atoms with Crippen LogP contribution in [-0.4, -0.2) is 42.9 Å². The molecule has 1 saturated heterocycles. The zero-order valence-electron chi connectivity index (χ0n) is 12.0. The van der Waals surface area contributed by atoms with Crippen molar-refractivity contribution >= 4 is 5.91 Å². The maximum Gasteiger partial charge on any atom is 0.234 e. The number of carbonyl (C=O) groups is 1. The Morgan fingerprint density at radius 3 is 2.90 bits per heavy atom. The highest BCUT2D eigenvalue weighted by Gasteiger charge is 2.54. The number of furan rings is 1. The van der Waals surface area contributed by atoms with Crippen LogP contribution in [0.3, 0.4) is 0 Å². The van der Waals surface area contributed by atoms with E-state index in [9.17, 15) is 9.90 Å². The molecule has 0 unspecified atom stereocenters. The maximum atomic E-state index is 11.8. The molecule has 1 aromatic heterocycles. The number of nitrogens with one attached hydrogen (secondary N) is 2. The van der Waals surface area contributed by atoms with Crippen LogP contribution in [-0.2, 0) is 16.1 Å². The first-order valence-corrected chi connectivity index (χ1v) is 7.49. The van der Waals surface area contributed by atoms with Gasteiger partial charge in [-0.2, -0.15) is 0 Å². The number of carbonyl (C=O) groups excluding carboxylic acids is 1. The minimum atomic E-state index is -0.273. The van der Waals surface area contributed by atoms with Gasteiger partial charge < -0.3 is 24.9 Å². The molecule has 1 amide bonds. The number of hydrogen-bond acceptors (Lipinski definition) is 5. The minimum Gasteiger partial charge on any atom is -0.467 e. The van der Waals surface area contributed by atoms with Gasteiger partial charge in [0, 0.05) is 24.7 Å². The molecule has 6 nitrogen and oxygen atoms in total. The van der Waals surface area contributed by atoms with Crippen LogP contribution in [0, 0.1) is 5.41 Å². The summed E-state index contributed by atoms with van der Waals surface area (Å²) in [5.74, 6) is 0.679. The Hall–Kier alpha value is -1.37. The van der Waals surface area contributed by atoms with E-state index in [4.69, 9.17) is 9.15 Å². The first kappa shape index (κ1) is 14.6. The molecule has 116 valence electrons.